The molecule has 0 bridgehead atoms. The van der Waals surface area contributed by atoms with Crippen LogP contribution in [0.5, 0.6) is 17.2 Å². The maximum atomic E-state index is 11.2. The second-order valence-corrected chi connectivity index (χ2v) is 2.74. The van der Waals surface area contributed by atoms with Crippen molar-refractivity contribution in [1.29, 1.82) is 0 Å². The number of Topliss-reactive ketones (excluding diaryl/α,β-unsaturated/α-hetero) is 1. The number of phenolic OH excluding ortho intramolecular Hbond substituents is 1. The van der Waals surface area contributed by atoms with E-state index in [2.05, 4.69) is 0 Å². The van der Waals surface area contributed by atoms with Crippen molar-refractivity contribution in [3.05, 3.63) is 17.7 Å². The van der Waals surface area contributed by atoms with Gasteiger partial charge >= 0.3 is 0 Å². The van der Waals surface area contributed by atoms with E-state index in [9.17, 15) is 9.90 Å². The van der Waals surface area contributed by atoms with E-state index in [1.54, 1.807) is 0 Å². The minimum absolute atomic E-state index is 0.00875. The predicted octanol–water partition coefficient (Wildman–Crippen LogP) is 0.976. The van der Waals surface area contributed by atoms with Gasteiger partial charge in [-0.25, -0.2) is 0 Å². The third-order valence-corrected chi connectivity index (χ3v) is 1.91. The molecule has 1 heterocycles. The van der Waals surface area contributed by atoms with E-state index >= 15 is 0 Å². The Labute approximate surface area is 74.7 Å². The van der Waals surface area contributed by atoms with Crippen molar-refractivity contribution in [3.63, 3.8) is 0 Å². The van der Waals surface area contributed by atoms with Crippen molar-refractivity contribution >= 4 is 5.78 Å². The van der Waals surface area contributed by atoms with Gasteiger partial charge in [0.05, 0.1) is 12.7 Å². The van der Waals surface area contributed by atoms with Crippen molar-refractivity contribution < 1.29 is 19.4 Å². The van der Waals surface area contributed by atoms with Gasteiger partial charge in [0.25, 0.3) is 0 Å². The molecule has 1 aromatic carbocycles. The molecule has 68 valence electrons. The fourth-order valence-electron chi connectivity index (χ4n) is 1.31. The Kier molecular flexibility index (Phi) is 1.62. The zero-order chi connectivity index (χ0) is 9.42. The number of ether oxygens (including phenoxy) is 2. The fourth-order valence-corrected chi connectivity index (χ4v) is 1.31. The van der Waals surface area contributed by atoms with Gasteiger partial charge in [-0.2, -0.15) is 0 Å². The van der Waals surface area contributed by atoms with Crippen molar-refractivity contribution in [3.8, 4) is 17.2 Å². The smallest absolute Gasteiger partial charge is 0.204 e. The monoisotopic (exact) mass is 180 g/mol. The highest BCUT2D eigenvalue weighted by Gasteiger charge is 2.25. The predicted molar refractivity (Wildman–Crippen MR) is 44.5 cm³/mol. The van der Waals surface area contributed by atoms with Crippen LogP contribution in [0.15, 0.2) is 12.1 Å². The molecule has 1 N–H and O–H groups in total. The van der Waals surface area contributed by atoms with Gasteiger partial charge in [-0.15, -0.1) is 0 Å². The van der Waals surface area contributed by atoms with Gasteiger partial charge in [-0.3, -0.25) is 4.79 Å². The third kappa shape index (κ3) is 1.11. The van der Waals surface area contributed by atoms with Crippen LogP contribution in [0.3, 0.4) is 0 Å². The molecule has 4 heteroatoms. The van der Waals surface area contributed by atoms with Crippen molar-refractivity contribution in [1.82, 2.24) is 0 Å². The third-order valence-electron chi connectivity index (χ3n) is 1.91. The van der Waals surface area contributed by atoms with Crippen molar-refractivity contribution in [2.24, 2.45) is 0 Å². The van der Waals surface area contributed by atoms with Crippen LogP contribution in [0, 0.1) is 0 Å². The van der Waals surface area contributed by atoms with Crippen LogP contribution in [0.2, 0.25) is 0 Å². The lowest BCUT2D eigenvalue weighted by Crippen LogP contribution is -1.98. The van der Waals surface area contributed by atoms with Gasteiger partial charge in [0, 0.05) is 6.07 Å². The average Bonchev–Trinajstić information content (AvgIpc) is 2.47. The molecule has 0 unspecified atom stereocenters. The molecule has 0 saturated heterocycles. The summed E-state index contributed by atoms with van der Waals surface area (Å²) in [5.41, 5.74) is 0.386. The molecule has 0 aromatic heterocycles. The molecular formula is C9H8O4. The minimum atomic E-state index is -0.135. The Bertz CT molecular complexity index is 370. The van der Waals surface area contributed by atoms with Crippen LogP contribution in [0.4, 0.5) is 0 Å². The number of hydrogen-bond donors (Lipinski definition) is 1. The summed E-state index contributed by atoms with van der Waals surface area (Å²) in [6, 6.07) is 2.80. The van der Waals surface area contributed by atoms with E-state index in [4.69, 9.17) is 9.47 Å². The number of methoxy groups -OCH3 is 1. The molecule has 1 aliphatic heterocycles. The zero-order valence-electron chi connectivity index (χ0n) is 7.03. The number of aromatic hydroxyl groups is 1. The van der Waals surface area contributed by atoms with Crippen LogP contribution < -0.4 is 9.47 Å². The van der Waals surface area contributed by atoms with E-state index in [1.807, 2.05) is 0 Å². The van der Waals surface area contributed by atoms with Crippen LogP contribution in [0.1, 0.15) is 10.4 Å². The number of carbonyl (C=O) groups excluding carboxylic acids is 1. The Morgan fingerprint density at radius 2 is 2.31 bits per heavy atom. The van der Waals surface area contributed by atoms with Crippen LogP contribution in [0.25, 0.3) is 0 Å². The zero-order valence-corrected chi connectivity index (χ0v) is 7.03. The molecule has 13 heavy (non-hydrogen) atoms. The quantitative estimate of drug-likeness (QED) is 0.699. The molecule has 0 radical (unpaired) electrons. The Morgan fingerprint density at radius 1 is 1.54 bits per heavy atom. The van der Waals surface area contributed by atoms with Gasteiger partial charge < -0.3 is 14.6 Å². The minimum Gasteiger partial charge on any atom is -0.508 e. The van der Waals surface area contributed by atoms with Crippen molar-refractivity contribution in [2.45, 2.75) is 0 Å². The standard InChI is InChI=1S/C9H8O4/c1-12-8-3-5(10)2-6-7(11)4-13-9(6)8/h2-3,10H,4H2,1H3. The topological polar surface area (TPSA) is 55.8 Å². The molecular weight excluding hydrogens is 172 g/mol. The number of carbonyl (C=O) groups is 1. The summed E-state index contributed by atoms with van der Waals surface area (Å²) in [6.07, 6.45) is 0. The molecule has 1 aliphatic rings. The summed E-state index contributed by atoms with van der Waals surface area (Å²) in [4.78, 5) is 11.2. The van der Waals surface area contributed by atoms with Crippen LogP contribution in [-0.4, -0.2) is 24.6 Å². The Morgan fingerprint density at radius 3 is 3.00 bits per heavy atom. The van der Waals surface area contributed by atoms with Gasteiger partial charge in [-0.1, -0.05) is 0 Å². The maximum Gasteiger partial charge on any atom is 0.204 e. The van der Waals surface area contributed by atoms with E-state index < -0.39 is 0 Å². The molecule has 0 saturated carbocycles. The molecule has 1 aromatic rings. The number of phenols is 1. The highest BCUT2D eigenvalue weighted by molar-refractivity contribution is 6.03. The molecule has 0 spiro atoms. The lowest BCUT2D eigenvalue weighted by atomic mass is 10.1. The number of ketones is 1. The normalized spacial score (nSPS) is 13.8. The number of hydrogen-bond acceptors (Lipinski definition) is 4. The average molecular weight is 180 g/mol. The summed E-state index contributed by atoms with van der Waals surface area (Å²) in [5, 5.41) is 9.24. The molecule has 0 fully saturated rings. The lowest BCUT2D eigenvalue weighted by Gasteiger charge is -2.05. The van der Waals surface area contributed by atoms with E-state index in [-0.39, 0.29) is 18.1 Å². The highest BCUT2D eigenvalue weighted by atomic mass is 16.5. The fraction of sp³-hybridized carbons (Fsp3) is 0.222. The van der Waals surface area contributed by atoms with Crippen molar-refractivity contribution in [2.75, 3.05) is 13.7 Å². The molecule has 0 amide bonds. The lowest BCUT2D eigenvalue weighted by molar-refractivity contribution is 0.0960. The first kappa shape index (κ1) is 7.91. The van der Waals surface area contributed by atoms with Gasteiger partial charge in [0.1, 0.15) is 5.75 Å². The molecule has 2 rings (SSSR count). The number of rotatable bonds is 1. The number of benzene rings is 1. The van der Waals surface area contributed by atoms with Crippen LogP contribution in [-0.2, 0) is 0 Å². The summed E-state index contributed by atoms with van der Waals surface area (Å²) in [6.45, 7) is 0.0230. The first-order chi connectivity index (χ1) is 6.22. The molecule has 0 atom stereocenters. The van der Waals surface area contributed by atoms with E-state index in [1.165, 1.54) is 19.2 Å². The second-order valence-electron chi connectivity index (χ2n) is 2.74. The maximum absolute atomic E-state index is 11.2. The second kappa shape index (κ2) is 2.65. The molecule has 0 aliphatic carbocycles. The highest BCUT2D eigenvalue weighted by Crippen LogP contribution is 2.38. The molecule has 4 nitrogen and oxygen atoms in total. The SMILES string of the molecule is COc1cc(O)cc2c1OCC2=O. The van der Waals surface area contributed by atoms with E-state index in [0.29, 0.717) is 17.1 Å². The Hall–Kier alpha value is -1.71. The number of fused-ring (bicyclic) bond motifs is 1. The van der Waals surface area contributed by atoms with Gasteiger partial charge in [0.15, 0.2) is 18.1 Å². The summed E-state index contributed by atoms with van der Waals surface area (Å²) >= 11 is 0. The van der Waals surface area contributed by atoms with E-state index in [0.717, 1.165) is 0 Å². The van der Waals surface area contributed by atoms with Crippen LogP contribution >= 0.6 is 0 Å². The summed E-state index contributed by atoms with van der Waals surface area (Å²) < 4.78 is 10.1. The first-order valence-electron chi connectivity index (χ1n) is 3.79. The largest absolute Gasteiger partial charge is 0.508 e. The van der Waals surface area contributed by atoms with Gasteiger partial charge in [-0.05, 0) is 6.07 Å². The Balaban J connectivity index is 2.63. The summed E-state index contributed by atoms with van der Waals surface area (Å²) in [5.74, 6) is 0.685. The summed E-state index contributed by atoms with van der Waals surface area (Å²) in [7, 11) is 1.46. The van der Waals surface area contributed by atoms with Gasteiger partial charge in [0.2, 0.25) is 5.78 Å². The first-order valence-corrected chi connectivity index (χ1v) is 3.79.